The average Bonchev–Trinajstić information content (AvgIpc) is 3.28. The van der Waals surface area contributed by atoms with Crippen LogP contribution in [0.25, 0.3) is 0 Å². The zero-order chi connectivity index (χ0) is 17.0. The van der Waals surface area contributed by atoms with Crippen LogP contribution < -0.4 is 14.2 Å². The van der Waals surface area contributed by atoms with Gasteiger partial charge in [0.2, 0.25) is 12.7 Å². The highest BCUT2D eigenvalue weighted by atomic mass is 16.7. The predicted octanol–water partition coefficient (Wildman–Crippen LogP) is 1.35. The fraction of sp³-hybridized carbons (Fsp3) is 0.611. The summed E-state index contributed by atoms with van der Waals surface area (Å²) in [4.78, 5) is 16.8. The molecule has 1 aromatic carbocycles. The van der Waals surface area contributed by atoms with Crippen LogP contribution in [0.5, 0.6) is 17.2 Å². The molecule has 0 N–H and O–H groups in total. The van der Waals surface area contributed by atoms with E-state index >= 15 is 0 Å². The molecule has 0 unspecified atom stereocenters. The molecule has 7 heteroatoms. The Kier molecular flexibility index (Phi) is 3.36. The van der Waals surface area contributed by atoms with Crippen molar-refractivity contribution >= 4 is 5.91 Å². The Morgan fingerprint density at radius 3 is 2.96 bits per heavy atom. The largest absolute Gasteiger partial charge is 0.496 e. The van der Waals surface area contributed by atoms with Gasteiger partial charge in [0.05, 0.1) is 19.8 Å². The van der Waals surface area contributed by atoms with Crippen molar-refractivity contribution < 1.29 is 23.7 Å². The average molecular weight is 346 g/mol. The summed E-state index contributed by atoms with van der Waals surface area (Å²) < 4.78 is 22.7. The molecule has 5 rings (SSSR count). The molecule has 134 valence electrons. The first-order valence-electron chi connectivity index (χ1n) is 8.86. The molecule has 0 bridgehead atoms. The normalized spacial score (nSPS) is 30.5. The zero-order valence-electron chi connectivity index (χ0n) is 14.3. The molecule has 4 aliphatic rings. The third-order valence-corrected chi connectivity index (χ3v) is 5.87. The number of likely N-dealkylation sites (tertiary alicyclic amines) is 1. The maximum atomic E-state index is 12.4. The van der Waals surface area contributed by atoms with E-state index in [-0.39, 0.29) is 18.7 Å². The number of fused-ring (bicyclic) bond motifs is 1. The highest BCUT2D eigenvalue weighted by Crippen LogP contribution is 2.46. The number of carbonyl (C=O) groups is 1. The molecule has 2 atom stereocenters. The first kappa shape index (κ1) is 15.3. The second kappa shape index (κ2) is 5.51. The molecule has 0 aromatic heterocycles. The highest BCUT2D eigenvalue weighted by molar-refractivity contribution is 5.81. The number of hydrogen-bond acceptors (Lipinski definition) is 6. The zero-order valence-corrected chi connectivity index (χ0v) is 14.3. The fourth-order valence-corrected chi connectivity index (χ4v) is 4.72. The standard InChI is InChI=1S/C18H22N2O5/c1-22-13-8-15-14(23-11-24-15)7-12(13)10-19-5-3-18-16(19)9-17(21)20(18)4-2-6-25-18/h7-8,16H,2-6,9-11H2,1H3/t16-,18+/m1/s1. The lowest BCUT2D eigenvalue weighted by Crippen LogP contribution is -2.56. The Morgan fingerprint density at radius 1 is 1.28 bits per heavy atom. The summed E-state index contributed by atoms with van der Waals surface area (Å²) in [5.74, 6) is 2.47. The summed E-state index contributed by atoms with van der Waals surface area (Å²) in [5, 5.41) is 0. The van der Waals surface area contributed by atoms with Gasteiger partial charge in [-0.15, -0.1) is 0 Å². The Bertz CT molecular complexity index is 724. The second-order valence-electron chi connectivity index (χ2n) is 7.05. The van der Waals surface area contributed by atoms with Crippen molar-refractivity contribution in [3.05, 3.63) is 17.7 Å². The van der Waals surface area contributed by atoms with Crippen molar-refractivity contribution in [2.45, 2.75) is 37.6 Å². The molecule has 1 amide bonds. The van der Waals surface area contributed by atoms with Crippen LogP contribution in [-0.4, -0.2) is 61.1 Å². The summed E-state index contributed by atoms with van der Waals surface area (Å²) >= 11 is 0. The number of benzene rings is 1. The van der Waals surface area contributed by atoms with Gasteiger partial charge in [0, 0.05) is 44.1 Å². The van der Waals surface area contributed by atoms with E-state index in [1.807, 2.05) is 17.0 Å². The van der Waals surface area contributed by atoms with E-state index in [0.717, 1.165) is 55.4 Å². The van der Waals surface area contributed by atoms with E-state index in [1.165, 1.54) is 0 Å². The van der Waals surface area contributed by atoms with Crippen molar-refractivity contribution in [2.24, 2.45) is 0 Å². The minimum atomic E-state index is -0.418. The van der Waals surface area contributed by atoms with E-state index in [4.69, 9.17) is 18.9 Å². The summed E-state index contributed by atoms with van der Waals surface area (Å²) in [5.41, 5.74) is 0.629. The molecule has 1 aromatic rings. The minimum absolute atomic E-state index is 0.107. The van der Waals surface area contributed by atoms with E-state index in [9.17, 15) is 4.79 Å². The van der Waals surface area contributed by atoms with Crippen LogP contribution in [0.1, 0.15) is 24.8 Å². The first-order valence-corrected chi connectivity index (χ1v) is 8.86. The minimum Gasteiger partial charge on any atom is -0.496 e. The number of amides is 1. The van der Waals surface area contributed by atoms with Gasteiger partial charge in [-0.3, -0.25) is 9.69 Å². The van der Waals surface area contributed by atoms with Crippen LogP contribution in [-0.2, 0) is 16.1 Å². The van der Waals surface area contributed by atoms with Gasteiger partial charge >= 0.3 is 0 Å². The van der Waals surface area contributed by atoms with Gasteiger partial charge in [0.15, 0.2) is 17.2 Å². The number of ether oxygens (including phenoxy) is 4. The molecule has 4 heterocycles. The number of methoxy groups -OCH3 is 1. The quantitative estimate of drug-likeness (QED) is 0.823. The molecule has 3 saturated heterocycles. The highest BCUT2D eigenvalue weighted by Gasteiger charge is 2.60. The van der Waals surface area contributed by atoms with Gasteiger partial charge in [0.25, 0.3) is 0 Å². The van der Waals surface area contributed by atoms with E-state index in [2.05, 4.69) is 4.90 Å². The third-order valence-electron chi connectivity index (χ3n) is 5.87. The Balaban J connectivity index is 1.43. The summed E-state index contributed by atoms with van der Waals surface area (Å²) in [6.07, 6.45) is 2.33. The molecule has 0 aliphatic carbocycles. The molecule has 1 spiro atoms. The van der Waals surface area contributed by atoms with E-state index in [1.54, 1.807) is 7.11 Å². The Morgan fingerprint density at radius 2 is 2.12 bits per heavy atom. The SMILES string of the molecule is COc1cc2c(cc1CN1CC[C@@]34OCCCN3C(=O)C[C@@H]14)OCO2. The molecule has 0 saturated carbocycles. The molecule has 7 nitrogen and oxygen atoms in total. The maximum absolute atomic E-state index is 12.4. The van der Waals surface area contributed by atoms with Gasteiger partial charge in [-0.2, -0.15) is 0 Å². The fourth-order valence-electron chi connectivity index (χ4n) is 4.72. The Hall–Kier alpha value is -1.99. The van der Waals surface area contributed by atoms with Crippen molar-refractivity contribution in [2.75, 3.05) is 33.6 Å². The van der Waals surface area contributed by atoms with Crippen LogP contribution in [0.2, 0.25) is 0 Å². The summed E-state index contributed by atoms with van der Waals surface area (Å²) in [6.45, 7) is 3.41. The molecular weight excluding hydrogens is 324 g/mol. The van der Waals surface area contributed by atoms with Crippen LogP contribution in [0.4, 0.5) is 0 Å². The van der Waals surface area contributed by atoms with Crippen molar-refractivity contribution in [1.82, 2.24) is 9.80 Å². The van der Waals surface area contributed by atoms with Crippen molar-refractivity contribution in [3.8, 4) is 17.2 Å². The smallest absolute Gasteiger partial charge is 0.231 e. The number of carbonyl (C=O) groups excluding carboxylic acids is 1. The van der Waals surface area contributed by atoms with Crippen LogP contribution in [0.15, 0.2) is 12.1 Å². The molecule has 3 fully saturated rings. The maximum Gasteiger partial charge on any atom is 0.231 e. The van der Waals surface area contributed by atoms with Gasteiger partial charge in [-0.25, -0.2) is 0 Å². The lowest BCUT2D eigenvalue weighted by molar-refractivity contribution is -0.180. The monoisotopic (exact) mass is 346 g/mol. The van der Waals surface area contributed by atoms with Gasteiger partial charge in [0.1, 0.15) is 5.75 Å². The van der Waals surface area contributed by atoms with Gasteiger partial charge in [-0.05, 0) is 12.5 Å². The third kappa shape index (κ3) is 2.15. The molecule has 4 aliphatic heterocycles. The second-order valence-corrected chi connectivity index (χ2v) is 7.05. The lowest BCUT2D eigenvalue weighted by Gasteiger charge is -2.42. The molecular formula is C18H22N2O5. The topological polar surface area (TPSA) is 60.5 Å². The van der Waals surface area contributed by atoms with Crippen molar-refractivity contribution in [1.29, 1.82) is 0 Å². The van der Waals surface area contributed by atoms with Crippen molar-refractivity contribution in [3.63, 3.8) is 0 Å². The summed E-state index contributed by atoms with van der Waals surface area (Å²) in [6, 6.07) is 3.98. The number of hydrogen-bond donors (Lipinski definition) is 0. The van der Waals surface area contributed by atoms with Crippen LogP contribution in [0, 0.1) is 0 Å². The van der Waals surface area contributed by atoms with E-state index < -0.39 is 5.72 Å². The molecule has 0 radical (unpaired) electrons. The van der Waals surface area contributed by atoms with Gasteiger partial charge in [-0.1, -0.05) is 0 Å². The summed E-state index contributed by atoms with van der Waals surface area (Å²) in [7, 11) is 1.66. The van der Waals surface area contributed by atoms with Gasteiger partial charge < -0.3 is 23.8 Å². The van der Waals surface area contributed by atoms with E-state index in [0.29, 0.717) is 13.0 Å². The number of rotatable bonds is 3. The molecule has 25 heavy (non-hydrogen) atoms. The predicted molar refractivity (Wildman–Crippen MR) is 87.6 cm³/mol. The lowest BCUT2D eigenvalue weighted by atomic mass is 10.0. The number of nitrogens with zero attached hydrogens (tertiary/aromatic N) is 2. The van der Waals surface area contributed by atoms with Crippen LogP contribution >= 0.6 is 0 Å². The first-order chi connectivity index (χ1) is 12.2. The Labute approximate surface area is 146 Å². The van der Waals surface area contributed by atoms with Crippen LogP contribution in [0.3, 0.4) is 0 Å².